The number of carbonyl (C=O) groups is 1. The van der Waals surface area contributed by atoms with Gasteiger partial charge in [0.2, 0.25) is 0 Å². The molecule has 0 fully saturated rings. The van der Waals surface area contributed by atoms with Crippen molar-refractivity contribution in [1.29, 1.82) is 0 Å². The quantitative estimate of drug-likeness (QED) is 0.807. The number of hydrogen-bond donors (Lipinski definition) is 2. The van der Waals surface area contributed by atoms with Gasteiger partial charge in [-0.3, -0.25) is 0 Å². The first kappa shape index (κ1) is 12.7. The van der Waals surface area contributed by atoms with E-state index in [2.05, 4.69) is 20.8 Å². The lowest BCUT2D eigenvalue weighted by Gasteiger charge is -2.21. The Bertz CT molecular complexity index is 402. The van der Waals surface area contributed by atoms with E-state index in [9.17, 15) is 9.90 Å². The standard InChI is InChI=1S/C13H18O3/c1-8-7-9(13(2,3)4)5-6-10(8)11(14)12(15)16/h5-7,11,14H,1-4H3,(H,15,16). The topological polar surface area (TPSA) is 57.5 Å². The molecule has 3 nitrogen and oxygen atoms in total. The van der Waals surface area contributed by atoms with Gasteiger partial charge in [0, 0.05) is 0 Å². The molecular weight excluding hydrogens is 204 g/mol. The smallest absolute Gasteiger partial charge is 0.337 e. The second-order valence-electron chi connectivity index (χ2n) is 5.06. The summed E-state index contributed by atoms with van der Waals surface area (Å²) in [5.41, 5.74) is 2.42. The van der Waals surface area contributed by atoms with Gasteiger partial charge >= 0.3 is 5.97 Å². The van der Waals surface area contributed by atoms with Crippen LogP contribution < -0.4 is 0 Å². The van der Waals surface area contributed by atoms with Crippen LogP contribution in [-0.4, -0.2) is 16.2 Å². The summed E-state index contributed by atoms with van der Waals surface area (Å²) in [6, 6.07) is 5.49. The molecule has 88 valence electrons. The number of carboxylic acid groups (broad SMARTS) is 1. The molecule has 1 aromatic carbocycles. The van der Waals surface area contributed by atoms with Crippen LogP contribution in [0.1, 0.15) is 43.6 Å². The van der Waals surface area contributed by atoms with Crippen molar-refractivity contribution in [3.8, 4) is 0 Å². The van der Waals surface area contributed by atoms with Gasteiger partial charge in [-0.05, 0) is 29.0 Å². The molecule has 0 aliphatic rings. The predicted molar refractivity (Wildman–Crippen MR) is 62.5 cm³/mol. The summed E-state index contributed by atoms with van der Waals surface area (Å²) in [4.78, 5) is 10.7. The molecular formula is C13H18O3. The molecule has 0 heterocycles. The Hall–Kier alpha value is -1.35. The Labute approximate surface area is 95.7 Å². The van der Waals surface area contributed by atoms with E-state index < -0.39 is 12.1 Å². The molecule has 0 spiro atoms. The van der Waals surface area contributed by atoms with Gasteiger partial charge in [-0.25, -0.2) is 4.79 Å². The van der Waals surface area contributed by atoms with Crippen molar-refractivity contribution in [3.05, 3.63) is 34.9 Å². The molecule has 1 aromatic rings. The van der Waals surface area contributed by atoms with Gasteiger partial charge < -0.3 is 10.2 Å². The first-order chi connectivity index (χ1) is 7.23. The number of aliphatic carboxylic acids is 1. The van der Waals surface area contributed by atoms with Crippen LogP contribution in [-0.2, 0) is 10.2 Å². The summed E-state index contributed by atoms with van der Waals surface area (Å²) in [6.45, 7) is 8.09. The number of carboxylic acids is 1. The lowest BCUT2D eigenvalue weighted by atomic mass is 9.85. The molecule has 0 amide bonds. The summed E-state index contributed by atoms with van der Waals surface area (Å²) < 4.78 is 0. The zero-order valence-corrected chi connectivity index (χ0v) is 10.1. The van der Waals surface area contributed by atoms with Crippen molar-refractivity contribution in [1.82, 2.24) is 0 Å². The van der Waals surface area contributed by atoms with E-state index in [0.717, 1.165) is 11.1 Å². The van der Waals surface area contributed by atoms with Crippen LogP contribution in [0.4, 0.5) is 0 Å². The van der Waals surface area contributed by atoms with Crippen LogP contribution in [0.3, 0.4) is 0 Å². The molecule has 0 aliphatic carbocycles. The average molecular weight is 222 g/mol. The molecule has 16 heavy (non-hydrogen) atoms. The minimum atomic E-state index is -1.44. The Kier molecular flexibility index (Phi) is 3.38. The molecule has 1 unspecified atom stereocenters. The second-order valence-corrected chi connectivity index (χ2v) is 5.06. The molecule has 0 bridgehead atoms. The van der Waals surface area contributed by atoms with Crippen LogP contribution in [0.5, 0.6) is 0 Å². The van der Waals surface area contributed by atoms with E-state index >= 15 is 0 Å². The number of rotatable bonds is 2. The fourth-order valence-electron chi connectivity index (χ4n) is 1.58. The van der Waals surface area contributed by atoms with Crippen molar-refractivity contribution in [2.24, 2.45) is 0 Å². The number of aryl methyl sites for hydroxylation is 1. The first-order valence-corrected chi connectivity index (χ1v) is 5.25. The number of hydrogen-bond acceptors (Lipinski definition) is 2. The summed E-state index contributed by atoms with van der Waals surface area (Å²) in [5.74, 6) is -1.22. The average Bonchev–Trinajstić information content (AvgIpc) is 2.15. The maximum absolute atomic E-state index is 10.7. The minimum absolute atomic E-state index is 0.0253. The normalized spacial score (nSPS) is 13.6. The molecule has 0 aromatic heterocycles. The second kappa shape index (κ2) is 4.26. The molecule has 0 aliphatic heterocycles. The number of aliphatic hydroxyl groups is 1. The number of aliphatic hydroxyl groups excluding tert-OH is 1. The summed E-state index contributed by atoms with van der Waals surface area (Å²) in [7, 11) is 0. The third-order valence-corrected chi connectivity index (χ3v) is 2.66. The Morgan fingerprint density at radius 1 is 1.31 bits per heavy atom. The Morgan fingerprint density at radius 2 is 1.88 bits per heavy atom. The van der Waals surface area contributed by atoms with E-state index in [1.54, 1.807) is 6.07 Å². The maximum Gasteiger partial charge on any atom is 0.337 e. The van der Waals surface area contributed by atoms with Gasteiger partial charge in [-0.1, -0.05) is 39.0 Å². The van der Waals surface area contributed by atoms with E-state index in [1.165, 1.54) is 0 Å². The van der Waals surface area contributed by atoms with Crippen molar-refractivity contribution in [3.63, 3.8) is 0 Å². The highest BCUT2D eigenvalue weighted by Gasteiger charge is 2.20. The zero-order valence-electron chi connectivity index (χ0n) is 10.1. The van der Waals surface area contributed by atoms with Gasteiger partial charge in [0.05, 0.1) is 0 Å². The van der Waals surface area contributed by atoms with Gasteiger partial charge in [-0.15, -0.1) is 0 Å². The molecule has 2 N–H and O–H groups in total. The van der Waals surface area contributed by atoms with Gasteiger partial charge in [-0.2, -0.15) is 0 Å². The lowest BCUT2D eigenvalue weighted by Crippen LogP contribution is -2.15. The summed E-state index contributed by atoms with van der Waals surface area (Å²) >= 11 is 0. The largest absolute Gasteiger partial charge is 0.479 e. The van der Waals surface area contributed by atoms with Gasteiger partial charge in [0.15, 0.2) is 6.10 Å². The van der Waals surface area contributed by atoms with Crippen LogP contribution in [0.2, 0.25) is 0 Å². The van der Waals surface area contributed by atoms with Gasteiger partial charge in [0.1, 0.15) is 0 Å². The predicted octanol–water partition coefficient (Wildman–Crippen LogP) is 2.41. The molecule has 0 saturated heterocycles. The maximum atomic E-state index is 10.7. The zero-order chi connectivity index (χ0) is 12.5. The van der Waals surface area contributed by atoms with Gasteiger partial charge in [0.25, 0.3) is 0 Å². The molecule has 1 rings (SSSR count). The molecule has 0 saturated carbocycles. The third kappa shape index (κ3) is 2.61. The Balaban J connectivity index is 3.15. The fraction of sp³-hybridized carbons (Fsp3) is 0.462. The first-order valence-electron chi connectivity index (χ1n) is 5.25. The molecule has 1 atom stereocenters. The van der Waals surface area contributed by atoms with E-state index in [1.807, 2.05) is 19.1 Å². The lowest BCUT2D eigenvalue weighted by molar-refractivity contribution is -0.147. The van der Waals surface area contributed by atoms with Crippen molar-refractivity contribution >= 4 is 5.97 Å². The highest BCUT2D eigenvalue weighted by molar-refractivity contribution is 5.74. The van der Waals surface area contributed by atoms with E-state index in [4.69, 9.17) is 5.11 Å². The monoisotopic (exact) mass is 222 g/mol. The highest BCUT2D eigenvalue weighted by atomic mass is 16.4. The van der Waals surface area contributed by atoms with Crippen LogP contribution in [0.15, 0.2) is 18.2 Å². The van der Waals surface area contributed by atoms with Crippen LogP contribution >= 0.6 is 0 Å². The van der Waals surface area contributed by atoms with Crippen molar-refractivity contribution < 1.29 is 15.0 Å². The van der Waals surface area contributed by atoms with E-state index in [0.29, 0.717) is 5.56 Å². The molecule has 3 heteroatoms. The highest BCUT2D eigenvalue weighted by Crippen LogP contribution is 2.26. The SMILES string of the molecule is Cc1cc(C(C)(C)C)ccc1C(O)C(=O)O. The fourth-order valence-corrected chi connectivity index (χ4v) is 1.58. The van der Waals surface area contributed by atoms with Crippen LogP contribution in [0, 0.1) is 6.92 Å². The van der Waals surface area contributed by atoms with Crippen molar-refractivity contribution in [2.75, 3.05) is 0 Å². The van der Waals surface area contributed by atoms with Crippen molar-refractivity contribution in [2.45, 2.75) is 39.2 Å². The minimum Gasteiger partial charge on any atom is -0.479 e. The summed E-state index contributed by atoms with van der Waals surface area (Å²) in [5, 5.41) is 18.2. The molecule has 0 radical (unpaired) electrons. The van der Waals surface area contributed by atoms with Crippen LogP contribution in [0.25, 0.3) is 0 Å². The summed E-state index contributed by atoms with van der Waals surface area (Å²) in [6.07, 6.45) is -1.44. The number of benzene rings is 1. The van der Waals surface area contributed by atoms with E-state index in [-0.39, 0.29) is 5.41 Å². The third-order valence-electron chi connectivity index (χ3n) is 2.66. The Morgan fingerprint density at radius 3 is 2.25 bits per heavy atom.